The minimum absolute atomic E-state index is 0.0957. The molecule has 0 saturated carbocycles. The van der Waals surface area contributed by atoms with E-state index in [-0.39, 0.29) is 12.8 Å². The molecule has 3 atom stereocenters. The normalized spacial score (nSPS) is 15.5. The average Bonchev–Trinajstić information content (AvgIpc) is 2.86. The quantitative estimate of drug-likeness (QED) is 0.103. The van der Waals surface area contributed by atoms with Gasteiger partial charge in [-0.15, -0.1) is 0 Å². The molecule has 2 aromatic rings. The topological polar surface area (TPSA) is 152 Å². The van der Waals surface area contributed by atoms with E-state index in [1.165, 1.54) is 13.8 Å². The zero-order valence-corrected chi connectivity index (χ0v) is 25.8. The van der Waals surface area contributed by atoms with Crippen LogP contribution in [0.2, 0.25) is 0 Å². The van der Waals surface area contributed by atoms with Gasteiger partial charge in [-0.2, -0.15) is 8.42 Å². The van der Waals surface area contributed by atoms with Gasteiger partial charge in [-0.25, -0.2) is 0 Å². The van der Waals surface area contributed by atoms with Crippen LogP contribution in [0.4, 0.5) is 0 Å². The van der Waals surface area contributed by atoms with Gasteiger partial charge in [0.2, 0.25) is 12.6 Å². The van der Waals surface area contributed by atoms with Gasteiger partial charge in [0.25, 0.3) is 10.1 Å². The molecule has 0 spiro atoms. The summed E-state index contributed by atoms with van der Waals surface area (Å²) in [6, 6.07) is 16.1. The first-order valence-electron chi connectivity index (χ1n) is 13.2. The number of hydrogen-bond acceptors (Lipinski definition) is 10. The van der Waals surface area contributed by atoms with Crippen LogP contribution in [-0.4, -0.2) is 48.9 Å². The second kappa shape index (κ2) is 15.5. The number of carbonyl (C=O) groups is 2. The number of aryl methyl sites for hydroxylation is 1. The van der Waals surface area contributed by atoms with Crippen molar-refractivity contribution in [1.29, 1.82) is 0 Å². The van der Waals surface area contributed by atoms with Gasteiger partial charge >= 0.3 is 19.5 Å². The summed E-state index contributed by atoms with van der Waals surface area (Å²) in [5, 5.41) is 0. The summed E-state index contributed by atoms with van der Waals surface area (Å²) >= 11 is 0. The lowest BCUT2D eigenvalue weighted by Crippen LogP contribution is -2.30. The molecule has 1 N–H and O–H groups in total. The lowest BCUT2D eigenvalue weighted by atomic mass is 10.1. The highest BCUT2D eigenvalue weighted by atomic mass is 32.2. The molecule has 0 saturated heterocycles. The van der Waals surface area contributed by atoms with Gasteiger partial charge in [-0.1, -0.05) is 58.0 Å². The Labute approximate surface area is 241 Å². The van der Waals surface area contributed by atoms with Crippen LogP contribution in [0.1, 0.15) is 53.5 Å². The van der Waals surface area contributed by atoms with Crippen molar-refractivity contribution in [3.05, 3.63) is 60.2 Å². The van der Waals surface area contributed by atoms with Crippen LogP contribution in [0.25, 0.3) is 0 Å². The van der Waals surface area contributed by atoms with Gasteiger partial charge in [-0.3, -0.25) is 27.8 Å². The van der Waals surface area contributed by atoms with Gasteiger partial charge in [0.1, 0.15) is 11.5 Å². The number of carbonyl (C=O) groups excluding carboxylic acids is 2. The molecule has 0 aromatic heterocycles. The monoisotopic (exact) mass is 614 g/mol. The second-order valence-corrected chi connectivity index (χ2v) is 13.8. The summed E-state index contributed by atoms with van der Waals surface area (Å²) in [5.74, 6) is -2.18. The van der Waals surface area contributed by atoms with Crippen molar-refractivity contribution in [2.24, 2.45) is 11.8 Å². The molecule has 0 bridgehead atoms. The van der Waals surface area contributed by atoms with E-state index in [0.29, 0.717) is 17.1 Å². The Morgan fingerprint density at radius 3 is 1.80 bits per heavy atom. The molecular formula is C28H39O11PS. The van der Waals surface area contributed by atoms with Crippen molar-refractivity contribution in [3.63, 3.8) is 0 Å². The molecule has 0 radical (unpaired) electrons. The molecule has 2 aromatic carbocycles. The fourth-order valence-electron chi connectivity index (χ4n) is 3.55. The van der Waals surface area contributed by atoms with E-state index in [1.54, 1.807) is 64.1 Å². The summed E-state index contributed by atoms with van der Waals surface area (Å²) < 4.78 is 75.3. The molecule has 228 valence electrons. The van der Waals surface area contributed by atoms with E-state index < -0.39 is 65.5 Å². The van der Waals surface area contributed by atoms with Crippen LogP contribution in [0, 0.1) is 11.8 Å². The Bertz CT molecular complexity index is 1260. The highest BCUT2D eigenvalue weighted by molar-refractivity contribution is 7.86. The summed E-state index contributed by atoms with van der Waals surface area (Å²) in [4.78, 5) is 24.2. The van der Waals surface area contributed by atoms with Crippen molar-refractivity contribution < 1.29 is 50.4 Å². The maximum atomic E-state index is 14.2. The number of para-hydroxylation sites is 1. The Balaban J connectivity index is 2.34. The second-order valence-electron chi connectivity index (χ2n) is 10.1. The van der Waals surface area contributed by atoms with Gasteiger partial charge in [0.05, 0.1) is 23.2 Å². The lowest BCUT2D eigenvalue weighted by Gasteiger charge is -2.30. The molecule has 41 heavy (non-hydrogen) atoms. The van der Waals surface area contributed by atoms with Crippen molar-refractivity contribution in [2.75, 3.05) is 5.75 Å². The van der Waals surface area contributed by atoms with Crippen LogP contribution >= 0.6 is 7.60 Å². The van der Waals surface area contributed by atoms with E-state index in [1.807, 2.05) is 18.2 Å². The molecule has 2 rings (SSSR count). The Morgan fingerprint density at radius 2 is 1.32 bits per heavy atom. The summed E-state index contributed by atoms with van der Waals surface area (Å²) in [7, 11) is -9.22. The first-order chi connectivity index (χ1) is 19.1. The Kier molecular flexibility index (Phi) is 13.0. The van der Waals surface area contributed by atoms with Crippen molar-refractivity contribution in [1.82, 2.24) is 0 Å². The van der Waals surface area contributed by atoms with E-state index in [2.05, 4.69) is 0 Å². The summed E-state index contributed by atoms with van der Waals surface area (Å²) in [6.45, 7) is 8.97. The molecular weight excluding hydrogens is 575 g/mol. The molecule has 0 aliphatic carbocycles. The highest BCUT2D eigenvalue weighted by Gasteiger charge is 2.43. The minimum atomic E-state index is -4.68. The zero-order valence-electron chi connectivity index (χ0n) is 24.1. The van der Waals surface area contributed by atoms with Gasteiger partial charge in [-0.05, 0) is 56.5 Å². The number of esters is 2. The van der Waals surface area contributed by atoms with E-state index in [4.69, 9.17) is 23.3 Å². The Morgan fingerprint density at radius 1 is 0.805 bits per heavy atom. The molecule has 0 heterocycles. The molecule has 3 unspecified atom stereocenters. The predicted molar refractivity (Wildman–Crippen MR) is 152 cm³/mol. The fourth-order valence-corrected chi connectivity index (χ4v) is 7.25. The first-order valence-corrected chi connectivity index (χ1v) is 16.4. The highest BCUT2D eigenvalue weighted by Crippen LogP contribution is 2.57. The van der Waals surface area contributed by atoms with Crippen LogP contribution in [0.3, 0.4) is 0 Å². The molecule has 0 fully saturated rings. The number of ether oxygens (including phenoxy) is 3. The van der Waals surface area contributed by atoms with Crippen LogP contribution in [0.15, 0.2) is 54.6 Å². The third-order valence-electron chi connectivity index (χ3n) is 5.59. The molecule has 11 nitrogen and oxygen atoms in total. The smallest absolute Gasteiger partial charge is 0.341 e. The van der Waals surface area contributed by atoms with E-state index in [0.717, 1.165) is 0 Å². The van der Waals surface area contributed by atoms with E-state index >= 15 is 0 Å². The number of hydrogen-bond donors (Lipinski definition) is 1. The maximum Gasteiger partial charge on any atom is 0.341 e. The minimum Gasteiger partial charge on any atom is -0.457 e. The molecule has 13 heteroatoms. The van der Waals surface area contributed by atoms with Crippen molar-refractivity contribution in [2.45, 2.75) is 72.6 Å². The molecule has 0 aliphatic heterocycles. The number of rotatable bonds is 16. The predicted octanol–water partition coefficient (Wildman–Crippen LogP) is 5.98. The summed E-state index contributed by atoms with van der Waals surface area (Å²) in [6.07, 6.45) is -2.73. The van der Waals surface area contributed by atoms with E-state index in [9.17, 15) is 27.1 Å². The molecule has 0 aliphatic rings. The standard InChI is InChI=1S/C28H39O11PS/c1-19(2)27(29)35-21(5)38-40(31,39-22(6)36-28(30)20(3)4)26(18-41(32,33)34)16-15-23-11-10-14-25(17-23)37-24-12-8-7-9-13-24/h7-14,17,19-22,26H,15-16,18H2,1-6H3,(H,32,33,34). The average molecular weight is 615 g/mol. The third kappa shape index (κ3) is 12.3. The first kappa shape index (κ1) is 34.4. The van der Waals surface area contributed by atoms with Crippen LogP contribution in [0.5, 0.6) is 11.5 Å². The third-order valence-corrected chi connectivity index (χ3v) is 9.18. The van der Waals surface area contributed by atoms with Crippen molar-refractivity contribution >= 4 is 29.7 Å². The van der Waals surface area contributed by atoms with Crippen LogP contribution < -0.4 is 4.74 Å². The lowest BCUT2D eigenvalue weighted by molar-refractivity contribution is -0.171. The SMILES string of the molecule is CC(OC(=O)C(C)C)OP(=O)(OC(C)OC(=O)C(C)C)C(CCc1cccc(Oc2ccccc2)c1)CS(=O)(=O)O. The fraction of sp³-hybridized carbons (Fsp3) is 0.500. The van der Waals surface area contributed by atoms with Crippen molar-refractivity contribution in [3.8, 4) is 11.5 Å². The number of benzene rings is 2. The van der Waals surface area contributed by atoms with Gasteiger partial charge in [0, 0.05) is 0 Å². The largest absolute Gasteiger partial charge is 0.457 e. The van der Waals surface area contributed by atoms with Gasteiger partial charge in [0.15, 0.2) is 0 Å². The molecule has 0 amide bonds. The maximum absolute atomic E-state index is 14.2. The van der Waals surface area contributed by atoms with Gasteiger partial charge < -0.3 is 14.2 Å². The Hall–Kier alpha value is -2.76. The zero-order chi connectivity index (χ0) is 30.8. The van der Waals surface area contributed by atoms with Crippen LogP contribution in [-0.2, 0) is 49.2 Å². The summed E-state index contributed by atoms with van der Waals surface area (Å²) in [5.41, 5.74) is -0.708.